The predicted molar refractivity (Wildman–Crippen MR) is 73.0 cm³/mol. The Kier molecular flexibility index (Phi) is 3.06. The summed E-state index contributed by atoms with van der Waals surface area (Å²) in [6.45, 7) is 0.593. The van der Waals surface area contributed by atoms with E-state index in [-0.39, 0.29) is 5.91 Å². The van der Waals surface area contributed by atoms with Gasteiger partial charge in [-0.05, 0) is 47.7 Å². The van der Waals surface area contributed by atoms with Gasteiger partial charge in [0, 0.05) is 18.3 Å². The van der Waals surface area contributed by atoms with E-state index in [1.165, 1.54) is 17.2 Å². The summed E-state index contributed by atoms with van der Waals surface area (Å²) in [5, 5.41) is 4.02. The molecule has 2 aromatic heterocycles. The van der Waals surface area contributed by atoms with Gasteiger partial charge in [-0.15, -0.1) is 0 Å². The van der Waals surface area contributed by atoms with Crippen molar-refractivity contribution in [2.24, 2.45) is 0 Å². The van der Waals surface area contributed by atoms with Gasteiger partial charge in [-0.1, -0.05) is 6.07 Å². The molecule has 0 aliphatic heterocycles. The van der Waals surface area contributed by atoms with Crippen molar-refractivity contribution in [3.05, 3.63) is 60.2 Å². The van der Waals surface area contributed by atoms with Crippen molar-refractivity contribution < 1.29 is 9.21 Å². The van der Waals surface area contributed by atoms with Crippen LogP contribution in [-0.2, 0) is 6.42 Å². The van der Waals surface area contributed by atoms with Gasteiger partial charge in [0.25, 0.3) is 5.91 Å². The van der Waals surface area contributed by atoms with Gasteiger partial charge in [0.2, 0.25) is 0 Å². The monoisotopic (exact) mass is 254 g/mol. The lowest BCUT2D eigenvalue weighted by Crippen LogP contribution is -2.25. The van der Waals surface area contributed by atoms with E-state index in [2.05, 4.69) is 28.5 Å². The molecule has 3 aromatic rings. The highest BCUT2D eigenvalue weighted by Crippen LogP contribution is 2.14. The number of aromatic amines is 1. The van der Waals surface area contributed by atoms with Crippen LogP contribution in [0, 0.1) is 0 Å². The zero-order chi connectivity index (χ0) is 13.1. The molecule has 1 amide bonds. The number of hydrogen-bond donors (Lipinski definition) is 2. The average Bonchev–Trinajstić information content (AvgIpc) is 3.09. The molecular weight excluding hydrogens is 240 g/mol. The Morgan fingerprint density at radius 2 is 2.21 bits per heavy atom. The van der Waals surface area contributed by atoms with Crippen LogP contribution in [0.2, 0.25) is 0 Å². The second-order valence-electron chi connectivity index (χ2n) is 4.38. The number of nitrogens with one attached hydrogen (secondary N) is 2. The summed E-state index contributed by atoms with van der Waals surface area (Å²) in [6, 6.07) is 11.7. The van der Waals surface area contributed by atoms with Crippen LogP contribution < -0.4 is 5.32 Å². The van der Waals surface area contributed by atoms with Gasteiger partial charge < -0.3 is 14.7 Å². The first kappa shape index (κ1) is 11.6. The van der Waals surface area contributed by atoms with Crippen molar-refractivity contribution in [2.45, 2.75) is 6.42 Å². The molecule has 96 valence electrons. The third kappa shape index (κ3) is 2.52. The topological polar surface area (TPSA) is 58.0 Å². The number of benzene rings is 1. The molecule has 4 nitrogen and oxygen atoms in total. The minimum atomic E-state index is -0.173. The third-order valence-electron chi connectivity index (χ3n) is 3.06. The molecule has 0 radical (unpaired) electrons. The Hall–Kier alpha value is -2.49. The molecule has 0 aliphatic rings. The highest BCUT2D eigenvalue weighted by atomic mass is 16.3. The van der Waals surface area contributed by atoms with Crippen LogP contribution in [0.3, 0.4) is 0 Å². The van der Waals surface area contributed by atoms with Crippen molar-refractivity contribution in [3.63, 3.8) is 0 Å². The Morgan fingerprint density at radius 3 is 3.05 bits per heavy atom. The van der Waals surface area contributed by atoms with E-state index in [4.69, 9.17) is 4.42 Å². The lowest BCUT2D eigenvalue weighted by Gasteiger charge is -2.04. The number of furan rings is 1. The second kappa shape index (κ2) is 5.02. The Labute approximate surface area is 110 Å². The molecule has 0 spiro atoms. The van der Waals surface area contributed by atoms with Crippen molar-refractivity contribution in [2.75, 3.05) is 6.54 Å². The quantitative estimate of drug-likeness (QED) is 0.752. The minimum absolute atomic E-state index is 0.173. The molecule has 0 atom stereocenters. The SMILES string of the molecule is O=C(NCCc1ccc2[nH]ccc2c1)c1ccco1. The van der Waals surface area contributed by atoms with Crippen molar-refractivity contribution in [3.8, 4) is 0 Å². The average molecular weight is 254 g/mol. The molecule has 2 N–H and O–H groups in total. The fourth-order valence-corrected chi connectivity index (χ4v) is 2.07. The van der Waals surface area contributed by atoms with Crippen LogP contribution >= 0.6 is 0 Å². The van der Waals surface area contributed by atoms with Gasteiger partial charge in [0.05, 0.1) is 6.26 Å². The molecule has 1 aromatic carbocycles. The fraction of sp³-hybridized carbons (Fsp3) is 0.133. The highest BCUT2D eigenvalue weighted by Gasteiger charge is 2.07. The summed E-state index contributed by atoms with van der Waals surface area (Å²) in [5.41, 5.74) is 2.33. The highest BCUT2D eigenvalue weighted by molar-refractivity contribution is 5.91. The third-order valence-corrected chi connectivity index (χ3v) is 3.06. The fourth-order valence-electron chi connectivity index (χ4n) is 2.07. The smallest absolute Gasteiger partial charge is 0.286 e. The van der Waals surface area contributed by atoms with Crippen LogP contribution in [-0.4, -0.2) is 17.4 Å². The summed E-state index contributed by atoms with van der Waals surface area (Å²) >= 11 is 0. The maximum atomic E-state index is 11.7. The van der Waals surface area contributed by atoms with Crippen LogP contribution in [0.5, 0.6) is 0 Å². The largest absolute Gasteiger partial charge is 0.459 e. The molecule has 0 bridgehead atoms. The molecule has 0 aliphatic carbocycles. The lowest BCUT2D eigenvalue weighted by atomic mass is 10.1. The maximum absolute atomic E-state index is 11.7. The first-order valence-corrected chi connectivity index (χ1v) is 6.21. The van der Waals surface area contributed by atoms with Gasteiger partial charge in [0.1, 0.15) is 0 Å². The van der Waals surface area contributed by atoms with E-state index < -0.39 is 0 Å². The maximum Gasteiger partial charge on any atom is 0.286 e. The summed E-state index contributed by atoms with van der Waals surface area (Å²) in [6.07, 6.45) is 4.22. The Morgan fingerprint density at radius 1 is 1.26 bits per heavy atom. The number of aromatic nitrogens is 1. The van der Waals surface area contributed by atoms with Crippen LogP contribution in [0.4, 0.5) is 0 Å². The Bertz CT molecular complexity index is 683. The van der Waals surface area contributed by atoms with Gasteiger partial charge in [-0.25, -0.2) is 0 Å². The van der Waals surface area contributed by atoms with E-state index in [0.29, 0.717) is 12.3 Å². The van der Waals surface area contributed by atoms with Crippen LogP contribution in [0.15, 0.2) is 53.3 Å². The van der Waals surface area contributed by atoms with Crippen LogP contribution in [0.1, 0.15) is 16.1 Å². The van der Waals surface area contributed by atoms with Gasteiger partial charge >= 0.3 is 0 Å². The summed E-state index contributed by atoms with van der Waals surface area (Å²) in [4.78, 5) is 14.8. The second-order valence-corrected chi connectivity index (χ2v) is 4.38. The molecule has 3 rings (SSSR count). The zero-order valence-electron chi connectivity index (χ0n) is 10.3. The summed E-state index contributed by atoms with van der Waals surface area (Å²) in [7, 11) is 0. The molecule has 0 fully saturated rings. The van der Waals surface area contributed by atoms with Crippen molar-refractivity contribution in [1.29, 1.82) is 0 Å². The standard InChI is InChI=1S/C15H14N2O2/c18-15(14-2-1-9-19-14)17-7-5-11-3-4-13-12(10-11)6-8-16-13/h1-4,6,8-10,16H,5,7H2,(H,17,18). The number of rotatable bonds is 4. The van der Waals surface area contributed by atoms with Gasteiger partial charge in [-0.3, -0.25) is 4.79 Å². The number of fused-ring (bicyclic) bond motifs is 1. The number of hydrogen-bond acceptors (Lipinski definition) is 2. The molecule has 0 saturated heterocycles. The normalized spacial score (nSPS) is 10.7. The predicted octanol–water partition coefficient (Wildman–Crippen LogP) is 2.73. The number of H-pyrrole nitrogens is 1. The van der Waals surface area contributed by atoms with E-state index >= 15 is 0 Å². The minimum Gasteiger partial charge on any atom is -0.459 e. The number of amides is 1. The first-order chi connectivity index (χ1) is 9.33. The molecule has 0 unspecified atom stereocenters. The van der Waals surface area contributed by atoms with E-state index in [0.717, 1.165) is 11.9 Å². The Balaban J connectivity index is 1.58. The molecule has 4 heteroatoms. The van der Waals surface area contributed by atoms with Crippen molar-refractivity contribution in [1.82, 2.24) is 10.3 Å². The molecule has 0 saturated carbocycles. The lowest BCUT2D eigenvalue weighted by molar-refractivity contribution is 0.0926. The molecular formula is C15H14N2O2. The van der Waals surface area contributed by atoms with Gasteiger partial charge in [-0.2, -0.15) is 0 Å². The van der Waals surface area contributed by atoms with Crippen LogP contribution in [0.25, 0.3) is 10.9 Å². The van der Waals surface area contributed by atoms with E-state index in [1.807, 2.05) is 12.3 Å². The number of carbonyl (C=O) groups excluding carboxylic acids is 1. The van der Waals surface area contributed by atoms with E-state index in [1.54, 1.807) is 12.1 Å². The zero-order valence-corrected chi connectivity index (χ0v) is 10.3. The van der Waals surface area contributed by atoms with Crippen molar-refractivity contribution >= 4 is 16.8 Å². The van der Waals surface area contributed by atoms with E-state index in [9.17, 15) is 4.79 Å². The molecule has 19 heavy (non-hydrogen) atoms. The summed E-state index contributed by atoms with van der Waals surface area (Å²) < 4.78 is 5.03. The number of carbonyl (C=O) groups is 1. The van der Waals surface area contributed by atoms with Gasteiger partial charge in [0.15, 0.2) is 5.76 Å². The summed E-state index contributed by atoms with van der Waals surface area (Å²) in [5.74, 6) is 0.175. The first-order valence-electron chi connectivity index (χ1n) is 6.21. The molecule has 2 heterocycles.